The Bertz CT molecular complexity index is 887. The van der Waals surface area contributed by atoms with Gasteiger partial charge in [-0.05, 0) is 37.1 Å². The third-order valence-electron chi connectivity index (χ3n) is 3.74. The lowest BCUT2D eigenvalue weighted by Crippen LogP contribution is -2.07. The summed E-state index contributed by atoms with van der Waals surface area (Å²) in [7, 11) is 0. The topological polar surface area (TPSA) is 68.5 Å². The van der Waals surface area contributed by atoms with Gasteiger partial charge in [0.15, 0.2) is 0 Å². The first-order valence-electron chi connectivity index (χ1n) is 7.70. The quantitative estimate of drug-likeness (QED) is 0.720. The van der Waals surface area contributed by atoms with Gasteiger partial charge in [0.2, 0.25) is 0 Å². The lowest BCUT2D eigenvalue weighted by atomic mass is 10.3. The van der Waals surface area contributed by atoms with Crippen LogP contribution in [0, 0.1) is 0 Å². The molecule has 0 unspecified atom stereocenters. The van der Waals surface area contributed by atoms with Gasteiger partial charge in [0, 0.05) is 24.6 Å². The molecule has 122 valence electrons. The molecule has 7 heteroatoms. The van der Waals surface area contributed by atoms with Crippen LogP contribution in [0.1, 0.15) is 28.9 Å². The molecule has 3 aromatic rings. The number of anilines is 1. The minimum atomic E-state index is -0.421. The predicted molar refractivity (Wildman–Crippen MR) is 90.2 cm³/mol. The number of hydrogen-bond donors (Lipinski definition) is 1. The van der Waals surface area contributed by atoms with Gasteiger partial charge < -0.3 is 14.5 Å². The van der Waals surface area contributed by atoms with Crippen molar-refractivity contribution in [2.24, 2.45) is 0 Å². The lowest BCUT2D eigenvalue weighted by Gasteiger charge is -2.05. The number of nitrogens with one attached hydrogen (secondary N) is 1. The molecule has 0 saturated heterocycles. The number of esters is 1. The minimum absolute atomic E-state index is 0.0974. The van der Waals surface area contributed by atoms with E-state index in [1.54, 1.807) is 35.0 Å². The summed E-state index contributed by atoms with van der Waals surface area (Å²) in [5, 5.41) is 3.89. The van der Waals surface area contributed by atoms with Gasteiger partial charge in [-0.25, -0.2) is 14.8 Å². The maximum absolute atomic E-state index is 12.1. The summed E-state index contributed by atoms with van der Waals surface area (Å²) in [5.41, 5.74) is 1.83. The van der Waals surface area contributed by atoms with Crippen molar-refractivity contribution in [3.63, 3.8) is 0 Å². The van der Waals surface area contributed by atoms with E-state index in [1.165, 1.54) is 19.0 Å². The highest BCUT2D eigenvalue weighted by Gasteiger charge is 2.21. The second-order valence-corrected chi connectivity index (χ2v) is 6.21. The zero-order valence-electron chi connectivity index (χ0n) is 12.8. The van der Waals surface area contributed by atoms with Gasteiger partial charge in [-0.3, -0.25) is 0 Å². The first kappa shape index (κ1) is 15.0. The molecule has 1 aliphatic rings. The molecule has 0 atom stereocenters. The Morgan fingerprint density at radius 2 is 2.17 bits per heavy atom. The fraction of sp³-hybridized carbons (Fsp3) is 0.235. The standard InChI is InChI=1S/C17H15ClN4O2/c18-12-2-6-16-21-14(9-22(16)8-12)10-24-17(23)11-1-5-15(19-7-11)20-13-3-4-13/h1-2,5-9,13H,3-4,10H2,(H,19,20). The molecule has 0 spiro atoms. The Labute approximate surface area is 143 Å². The largest absolute Gasteiger partial charge is 0.455 e. The molecule has 1 N–H and O–H groups in total. The molecular formula is C17H15ClN4O2. The lowest BCUT2D eigenvalue weighted by molar-refractivity contribution is 0.0468. The predicted octanol–water partition coefficient (Wildman–Crippen LogP) is 3.31. The molecule has 3 heterocycles. The number of halogens is 1. The van der Waals surface area contributed by atoms with Crippen LogP contribution < -0.4 is 5.32 Å². The van der Waals surface area contributed by atoms with Gasteiger partial charge in [0.05, 0.1) is 16.3 Å². The van der Waals surface area contributed by atoms with Crippen LogP contribution >= 0.6 is 11.6 Å². The summed E-state index contributed by atoms with van der Waals surface area (Å²) in [5.74, 6) is 0.363. The van der Waals surface area contributed by atoms with E-state index in [2.05, 4.69) is 15.3 Å². The number of nitrogens with zero attached hydrogens (tertiary/aromatic N) is 3. The first-order chi connectivity index (χ1) is 11.7. The van der Waals surface area contributed by atoms with Crippen molar-refractivity contribution < 1.29 is 9.53 Å². The third-order valence-corrected chi connectivity index (χ3v) is 3.97. The van der Waals surface area contributed by atoms with Crippen LogP contribution in [0.3, 0.4) is 0 Å². The monoisotopic (exact) mass is 342 g/mol. The fourth-order valence-corrected chi connectivity index (χ4v) is 2.51. The highest BCUT2D eigenvalue weighted by atomic mass is 35.5. The number of fused-ring (bicyclic) bond motifs is 1. The van der Waals surface area contributed by atoms with Gasteiger partial charge in [-0.2, -0.15) is 0 Å². The Balaban J connectivity index is 1.39. The molecule has 24 heavy (non-hydrogen) atoms. The van der Waals surface area contributed by atoms with Crippen LogP contribution in [-0.2, 0) is 11.3 Å². The zero-order valence-corrected chi connectivity index (χ0v) is 13.5. The van der Waals surface area contributed by atoms with Crippen LogP contribution in [0.4, 0.5) is 5.82 Å². The highest BCUT2D eigenvalue weighted by Crippen LogP contribution is 2.23. The fourth-order valence-electron chi connectivity index (χ4n) is 2.35. The molecule has 3 aromatic heterocycles. The van der Waals surface area contributed by atoms with Crippen LogP contribution in [-0.4, -0.2) is 26.4 Å². The number of imidazole rings is 1. The average molecular weight is 343 g/mol. The summed E-state index contributed by atoms with van der Waals surface area (Å²) in [6.07, 6.45) is 7.42. The number of carbonyl (C=O) groups is 1. The minimum Gasteiger partial charge on any atom is -0.455 e. The molecule has 1 saturated carbocycles. The molecule has 0 aliphatic heterocycles. The van der Waals surface area contributed by atoms with E-state index < -0.39 is 5.97 Å². The number of rotatable bonds is 5. The van der Waals surface area contributed by atoms with Crippen molar-refractivity contribution in [2.45, 2.75) is 25.5 Å². The molecule has 0 bridgehead atoms. The van der Waals surface area contributed by atoms with E-state index in [1.807, 2.05) is 6.07 Å². The van der Waals surface area contributed by atoms with Crippen LogP contribution in [0.2, 0.25) is 5.02 Å². The van der Waals surface area contributed by atoms with E-state index in [0.29, 0.717) is 22.3 Å². The number of hydrogen-bond acceptors (Lipinski definition) is 5. The van der Waals surface area contributed by atoms with E-state index in [0.717, 1.165) is 11.5 Å². The number of pyridine rings is 2. The van der Waals surface area contributed by atoms with Crippen LogP contribution in [0.15, 0.2) is 42.9 Å². The van der Waals surface area contributed by atoms with Gasteiger partial charge >= 0.3 is 5.97 Å². The van der Waals surface area contributed by atoms with Crippen molar-refractivity contribution in [3.05, 3.63) is 59.1 Å². The maximum atomic E-state index is 12.1. The molecule has 1 aliphatic carbocycles. The van der Waals surface area contributed by atoms with Crippen LogP contribution in [0.25, 0.3) is 5.65 Å². The number of carbonyl (C=O) groups excluding carboxylic acids is 1. The van der Waals surface area contributed by atoms with Crippen molar-refractivity contribution in [3.8, 4) is 0 Å². The summed E-state index contributed by atoms with van der Waals surface area (Å²) in [6, 6.07) is 7.61. The van der Waals surface area contributed by atoms with E-state index in [-0.39, 0.29) is 6.61 Å². The van der Waals surface area contributed by atoms with Gasteiger partial charge in [0.1, 0.15) is 18.1 Å². The van der Waals surface area contributed by atoms with Gasteiger partial charge in [-0.15, -0.1) is 0 Å². The number of ether oxygens (including phenoxy) is 1. The van der Waals surface area contributed by atoms with E-state index in [4.69, 9.17) is 16.3 Å². The summed E-state index contributed by atoms with van der Waals surface area (Å²) in [4.78, 5) is 20.7. The van der Waals surface area contributed by atoms with Crippen molar-refractivity contribution in [1.82, 2.24) is 14.4 Å². The smallest absolute Gasteiger partial charge is 0.340 e. The number of aromatic nitrogens is 3. The van der Waals surface area contributed by atoms with Crippen molar-refractivity contribution >= 4 is 29.0 Å². The van der Waals surface area contributed by atoms with Crippen molar-refractivity contribution in [1.29, 1.82) is 0 Å². The molecule has 0 radical (unpaired) electrons. The SMILES string of the molecule is O=C(OCc1cn2cc(Cl)ccc2n1)c1ccc(NC2CC2)nc1. The molecule has 0 aromatic carbocycles. The molecule has 0 amide bonds. The average Bonchev–Trinajstić information content (AvgIpc) is 3.30. The van der Waals surface area contributed by atoms with E-state index in [9.17, 15) is 4.79 Å². The van der Waals surface area contributed by atoms with Gasteiger partial charge in [0.25, 0.3) is 0 Å². The molecule has 1 fully saturated rings. The maximum Gasteiger partial charge on any atom is 0.340 e. The Morgan fingerprint density at radius 1 is 1.29 bits per heavy atom. The molecule has 4 rings (SSSR count). The third kappa shape index (κ3) is 3.33. The Morgan fingerprint density at radius 3 is 2.92 bits per heavy atom. The Kier molecular flexibility index (Phi) is 3.82. The van der Waals surface area contributed by atoms with Gasteiger partial charge in [-0.1, -0.05) is 11.6 Å². The molecule has 6 nitrogen and oxygen atoms in total. The van der Waals surface area contributed by atoms with E-state index >= 15 is 0 Å². The Hall–Kier alpha value is -2.60. The molecular weight excluding hydrogens is 328 g/mol. The van der Waals surface area contributed by atoms with Crippen LogP contribution in [0.5, 0.6) is 0 Å². The summed E-state index contributed by atoms with van der Waals surface area (Å²) < 4.78 is 7.10. The zero-order chi connectivity index (χ0) is 16.5. The second-order valence-electron chi connectivity index (χ2n) is 5.77. The second kappa shape index (κ2) is 6.13. The summed E-state index contributed by atoms with van der Waals surface area (Å²) in [6.45, 7) is 0.0974. The normalized spacial score (nSPS) is 13.9. The highest BCUT2D eigenvalue weighted by molar-refractivity contribution is 6.30. The first-order valence-corrected chi connectivity index (χ1v) is 8.08. The van der Waals surface area contributed by atoms with Crippen molar-refractivity contribution in [2.75, 3.05) is 5.32 Å². The summed E-state index contributed by atoms with van der Waals surface area (Å²) >= 11 is 5.94.